The van der Waals surface area contributed by atoms with E-state index in [0.717, 1.165) is 6.42 Å². The van der Waals surface area contributed by atoms with Crippen LogP contribution in [0.3, 0.4) is 0 Å². The van der Waals surface area contributed by atoms with Gasteiger partial charge < -0.3 is 14.7 Å². The monoisotopic (exact) mass is 306 g/mol. The summed E-state index contributed by atoms with van der Waals surface area (Å²) in [5.74, 6) is -1.27. The van der Waals surface area contributed by atoms with E-state index < -0.39 is 5.97 Å². The molecule has 0 radical (unpaired) electrons. The van der Waals surface area contributed by atoms with Crippen LogP contribution in [-0.2, 0) is 4.74 Å². The Balaban J connectivity index is 2.15. The van der Waals surface area contributed by atoms with Crippen molar-refractivity contribution in [3.05, 3.63) is 29.6 Å². The van der Waals surface area contributed by atoms with Crippen molar-refractivity contribution in [2.45, 2.75) is 38.8 Å². The molecular weight excluding hydrogens is 284 g/mol. The summed E-state index contributed by atoms with van der Waals surface area (Å²) in [6.45, 7) is 6.21. The van der Waals surface area contributed by atoms with E-state index in [4.69, 9.17) is 9.84 Å². The first kappa shape index (κ1) is 16.4. The number of carboxylic acid groups (broad SMARTS) is 1. The number of hydrogen-bond acceptors (Lipinski definition) is 4. The predicted molar refractivity (Wildman–Crippen MR) is 80.9 cm³/mol. The maximum atomic E-state index is 12.5. The summed E-state index contributed by atoms with van der Waals surface area (Å²) in [4.78, 5) is 28.8. The quantitative estimate of drug-likeness (QED) is 0.921. The first-order valence-corrected chi connectivity index (χ1v) is 7.15. The third kappa shape index (κ3) is 2.37. The van der Waals surface area contributed by atoms with E-state index in [-0.39, 0.29) is 28.7 Å². The molecule has 1 aromatic rings. The Morgan fingerprint density at radius 3 is 2.41 bits per heavy atom. The molecule has 1 heterocycles. The fourth-order valence-corrected chi connectivity index (χ4v) is 3.07. The van der Waals surface area contributed by atoms with E-state index in [1.54, 1.807) is 19.1 Å². The molecule has 1 aromatic heterocycles. The van der Waals surface area contributed by atoms with Crippen LogP contribution in [-0.4, -0.2) is 52.7 Å². The molecule has 6 nitrogen and oxygen atoms in total. The Morgan fingerprint density at radius 1 is 1.36 bits per heavy atom. The third-order valence-corrected chi connectivity index (χ3v) is 5.25. The number of aromatic nitrogens is 1. The molecule has 1 N–H and O–H groups in total. The molecule has 1 fully saturated rings. The lowest BCUT2D eigenvalue weighted by atomic mass is 9.55. The molecule has 0 aliphatic heterocycles. The largest absolute Gasteiger partial charge is 0.477 e. The molecule has 0 unspecified atom stereocenters. The Kier molecular flexibility index (Phi) is 4.00. The van der Waals surface area contributed by atoms with Gasteiger partial charge in [0.15, 0.2) is 0 Å². The molecule has 2 atom stereocenters. The first-order chi connectivity index (χ1) is 10.1. The van der Waals surface area contributed by atoms with Gasteiger partial charge in [-0.25, -0.2) is 9.78 Å². The van der Waals surface area contributed by atoms with Gasteiger partial charge in [-0.15, -0.1) is 0 Å². The summed E-state index contributed by atoms with van der Waals surface area (Å²) in [6.07, 6.45) is 2.07. The van der Waals surface area contributed by atoms with Gasteiger partial charge in [0.2, 0.25) is 0 Å². The minimum Gasteiger partial charge on any atom is -0.477 e. The highest BCUT2D eigenvalue weighted by Gasteiger charge is 2.59. The summed E-state index contributed by atoms with van der Waals surface area (Å²) in [6, 6.07) is 2.90. The summed E-state index contributed by atoms with van der Waals surface area (Å²) in [5.41, 5.74) is -0.109. The molecule has 0 bridgehead atoms. The third-order valence-electron chi connectivity index (χ3n) is 5.25. The predicted octanol–water partition coefficient (Wildman–Crippen LogP) is 2.06. The van der Waals surface area contributed by atoms with Gasteiger partial charge in [-0.2, -0.15) is 0 Å². The number of methoxy groups -OCH3 is 1. The van der Waals surface area contributed by atoms with E-state index in [2.05, 4.69) is 18.8 Å². The second kappa shape index (κ2) is 5.35. The van der Waals surface area contributed by atoms with Crippen molar-refractivity contribution in [3.8, 4) is 0 Å². The van der Waals surface area contributed by atoms with E-state index in [1.165, 1.54) is 18.3 Å². The van der Waals surface area contributed by atoms with E-state index >= 15 is 0 Å². The molecule has 1 aliphatic rings. The van der Waals surface area contributed by atoms with Gasteiger partial charge in [-0.3, -0.25) is 4.79 Å². The Morgan fingerprint density at radius 2 is 2.00 bits per heavy atom. The average molecular weight is 306 g/mol. The van der Waals surface area contributed by atoms with E-state index in [1.807, 2.05) is 6.92 Å². The fourth-order valence-electron chi connectivity index (χ4n) is 3.07. The molecule has 22 heavy (non-hydrogen) atoms. The van der Waals surface area contributed by atoms with Gasteiger partial charge in [0.1, 0.15) is 5.69 Å². The standard InChI is InChI=1S/C16H22N2O4/c1-15(2)12(8-16(15,3)22-5)18(4)13(19)10-6-7-11(14(20)21)17-9-10/h6-7,9,12H,8H2,1-5H3,(H,20,21)/t12-,16+/m0/s1. The first-order valence-electron chi connectivity index (χ1n) is 7.15. The number of ether oxygens (including phenoxy) is 1. The fraction of sp³-hybridized carbons (Fsp3) is 0.562. The number of nitrogens with zero attached hydrogens (tertiary/aromatic N) is 2. The minimum absolute atomic E-state index is 0.0594. The topological polar surface area (TPSA) is 79.7 Å². The second-order valence-electron chi connectivity index (χ2n) is 6.53. The van der Waals surface area contributed by atoms with Crippen LogP contribution >= 0.6 is 0 Å². The van der Waals surface area contributed by atoms with Crippen molar-refractivity contribution in [3.63, 3.8) is 0 Å². The molecule has 6 heteroatoms. The molecule has 120 valence electrons. The van der Waals surface area contributed by atoms with Crippen LogP contribution in [0, 0.1) is 5.41 Å². The van der Waals surface area contributed by atoms with Gasteiger partial charge in [-0.05, 0) is 25.5 Å². The number of carbonyl (C=O) groups excluding carboxylic acids is 1. The lowest BCUT2D eigenvalue weighted by Gasteiger charge is -2.61. The number of carbonyl (C=O) groups is 2. The summed E-state index contributed by atoms with van der Waals surface area (Å²) >= 11 is 0. The lowest BCUT2D eigenvalue weighted by Crippen LogP contribution is -2.68. The summed E-state index contributed by atoms with van der Waals surface area (Å²) < 4.78 is 5.58. The van der Waals surface area contributed by atoms with Crippen LogP contribution < -0.4 is 0 Å². The van der Waals surface area contributed by atoms with Gasteiger partial charge >= 0.3 is 5.97 Å². The van der Waals surface area contributed by atoms with Gasteiger partial charge in [0.25, 0.3) is 5.91 Å². The maximum Gasteiger partial charge on any atom is 0.354 e. The van der Waals surface area contributed by atoms with Crippen molar-refractivity contribution in [1.82, 2.24) is 9.88 Å². The molecule has 1 saturated carbocycles. The average Bonchev–Trinajstić information content (AvgIpc) is 2.50. The van der Waals surface area contributed by atoms with Gasteiger partial charge in [-0.1, -0.05) is 13.8 Å². The second-order valence-corrected chi connectivity index (χ2v) is 6.53. The maximum absolute atomic E-state index is 12.5. The number of carboxylic acids is 1. The van der Waals surface area contributed by atoms with Crippen molar-refractivity contribution in [2.24, 2.45) is 5.41 Å². The number of rotatable bonds is 4. The SMILES string of the molecule is CO[C@]1(C)C[C@H](N(C)C(=O)c2ccc(C(=O)O)nc2)C1(C)C. The van der Waals surface area contributed by atoms with Gasteiger partial charge in [0, 0.05) is 31.8 Å². The van der Waals surface area contributed by atoms with Crippen molar-refractivity contribution >= 4 is 11.9 Å². The van der Waals surface area contributed by atoms with Crippen LogP contribution in [0.1, 0.15) is 48.0 Å². The summed E-state index contributed by atoms with van der Waals surface area (Å²) in [5, 5.41) is 8.84. The lowest BCUT2D eigenvalue weighted by molar-refractivity contribution is -0.198. The normalized spacial score (nSPS) is 26.1. The molecule has 2 rings (SSSR count). The highest BCUT2D eigenvalue weighted by atomic mass is 16.5. The van der Waals surface area contributed by atoms with E-state index in [9.17, 15) is 9.59 Å². The molecule has 0 spiro atoms. The molecule has 0 saturated heterocycles. The zero-order valence-corrected chi connectivity index (χ0v) is 13.6. The van der Waals surface area contributed by atoms with Crippen LogP contribution in [0.15, 0.2) is 18.3 Å². The zero-order chi connectivity index (χ0) is 16.7. The van der Waals surface area contributed by atoms with Crippen LogP contribution in [0.4, 0.5) is 0 Å². The Bertz CT molecular complexity index is 597. The van der Waals surface area contributed by atoms with Crippen LogP contribution in [0.2, 0.25) is 0 Å². The zero-order valence-electron chi connectivity index (χ0n) is 13.6. The summed E-state index contributed by atoms with van der Waals surface area (Å²) in [7, 11) is 3.45. The highest BCUT2D eigenvalue weighted by Crippen LogP contribution is 2.53. The molecular formula is C16H22N2O4. The number of pyridine rings is 1. The Hall–Kier alpha value is -1.95. The number of aromatic carboxylic acids is 1. The molecule has 1 aliphatic carbocycles. The van der Waals surface area contributed by atoms with Crippen molar-refractivity contribution in [1.29, 1.82) is 0 Å². The number of hydrogen-bond donors (Lipinski definition) is 1. The van der Waals surface area contributed by atoms with E-state index in [0.29, 0.717) is 5.56 Å². The Labute approximate surface area is 130 Å². The van der Waals surface area contributed by atoms with Crippen LogP contribution in [0.25, 0.3) is 0 Å². The molecule has 1 amide bonds. The van der Waals surface area contributed by atoms with Gasteiger partial charge in [0.05, 0.1) is 11.2 Å². The van der Waals surface area contributed by atoms with Crippen molar-refractivity contribution < 1.29 is 19.4 Å². The minimum atomic E-state index is -1.11. The van der Waals surface area contributed by atoms with Crippen LogP contribution in [0.5, 0.6) is 0 Å². The molecule has 0 aromatic carbocycles. The van der Waals surface area contributed by atoms with Crippen molar-refractivity contribution in [2.75, 3.05) is 14.2 Å². The highest BCUT2D eigenvalue weighted by molar-refractivity contribution is 5.95. The number of amides is 1. The smallest absolute Gasteiger partial charge is 0.354 e.